The lowest BCUT2D eigenvalue weighted by Gasteiger charge is -2.26. The molecular formula is C21H19N3O3. The Labute approximate surface area is 157 Å². The third kappa shape index (κ3) is 3.33. The number of imide groups is 2. The highest BCUT2D eigenvalue weighted by Crippen LogP contribution is 2.24. The van der Waals surface area contributed by atoms with Crippen LogP contribution in [0.2, 0.25) is 0 Å². The summed E-state index contributed by atoms with van der Waals surface area (Å²) in [5.41, 5.74) is 2.23. The number of urea groups is 1. The first-order chi connectivity index (χ1) is 13.1. The van der Waals surface area contributed by atoms with Crippen molar-refractivity contribution in [2.45, 2.75) is 12.8 Å². The van der Waals surface area contributed by atoms with E-state index >= 15 is 0 Å². The van der Waals surface area contributed by atoms with Gasteiger partial charge in [-0.1, -0.05) is 30.3 Å². The van der Waals surface area contributed by atoms with Crippen molar-refractivity contribution >= 4 is 35.3 Å². The van der Waals surface area contributed by atoms with Crippen LogP contribution in [0, 0.1) is 0 Å². The lowest BCUT2D eigenvalue weighted by atomic mass is 10.1. The Morgan fingerprint density at radius 1 is 0.815 bits per heavy atom. The average Bonchev–Trinajstić information content (AvgIpc) is 3.21. The molecule has 2 aliphatic rings. The minimum Gasteiger partial charge on any atom is -0.372 e. The summed E-state index contributed by atoms with van der Waals surface area (Å²) in [4.78, 5) is 40.4. The second-order valence-corrected chi connectivity index (χ2v) is 6.58. The van der Waals surface area contributed by atoms with Crippen LogP contribution in [0.4, 0.5) is 16.2 Å². The van der Waals surface area contributed by atoms with Gasteiger partial charge in [-0.3, -0.25) is 14.9 Å². The van der Waals surface area contributed by atoms with Crippen LogP contribution in [0.1, 0.15) is 18.4 Å². The molecule has 0 spiro atoms. The molecule has 2 saturated heterocycles. The second kappa shape index (κ2) is 7.07. The number of nitrogens with zero attached hydrogens (tertiary/aromatic N) is 2. The third-order valence-corrected chi connectivity index (χ3v) is 4.79. The highest BCUT2D eigenvalue weighted by atomic mass is 16.2. The molecule has 6 heteroatoms. The van der Waals surface area contributed by atoms with E-state index in [1.807, 2.05) is 24.3 Å². The Kier molecular flexibility index (Phi) is 4.46. The summed E-state index contributed by atoms with van der Waals surface area (Å²) >= 11 is 0. The first-order valence-corrected chi connectivity index (χ1v) is 8.95. The van der Waals surface area contributed by atoms with Crippen molar-refractivity contribution in [3.8, 4) is 0 Å². The summed E-state index contributed by atoms with van der Waals surface area (Å²) in [6.45, 7) is 2.10. The predicted molar refractivity (Wildman–Crippen MR) is 103 cm³/mol. The fourth-order valence-corrected chi connectivity index (χ4v) is 3.39. The molecule has 6 nitrogen and oxygen atoms in total. The van der Waals surface area contributed by atoms with Gasteiger partial charge in [-0.15, -0.1) is 0 Å². The van der Waals surface area contributed by atoms with E-state index in [0.29, 0.717) is 5.69 Å². The molecule has 1 N–H and O–H groups in total. The zero-order chi connectivity index (χ0) is 18.8. The number of nitrogens with one attached hydrogen (secondary N) is 1. The number of hydrogen-bond donors (Lipinski definition) is 1. The Morgan fingerprint density at radius 3 is 2.15 bits per heavy atom. The van der Waals surface area contributed by atoms with Crippen LogP contribution in [-0.2, 0) is 9.59 Å². The number of benzene rings is 2. The molecule has 0 atom stereocenters. The first-order valence-electron chi connectivity index (χ1n) is 8.95. The van der Waals surface area contributed by atoms with Gasteiger partial charge in [0.15, 0.2) is 0 Å². The SMILES string of the molecule is O=C1NC(=O)N(c2ccccc2)C(=O)/C1=C/c1ccc(N2CCCC2)cc1. The molecule has 0 aromatic heterocycles. The van der Waals surface area contributed by atoms with E-state index < -0.39 is 17.8 Å². The molecule has 4 rings (SSSR count). The van der Waals surface area contributed by atoms with E-state index in [1.165, 1.54) is 18.9 Å². The third-order valence-electron chi connectivity index (χ3n) is 4.79. The van der Waals surface area contributed by atoms with Crippen molar-refractivity contribution in [2.24, 2.45) is 0 Å². The Balaban J connectivity index is 1.62. The van der Waals surface area contributed by atoms with Gasteiger partial charge in [0.1, 0.15) is 5.57 Å². The van der Waals surface area contributed by atoms with Gasteiger partial charge in [0.05, 0.1) is 5.69 Å². The van der Waals surface area contributed by atoms with Crippen molar-refractivity contribution in [3.63, 3.8) is 0 Å². The van der Waals surface area contributed by atoms with E-state index in [9.17, 15) is 14.4 Å². The molecule has 2 aromatic rings. The van der Waals surface area contributed by atoms with Gasteiger partial charge < -0.3 is 4.90 Å². The number of amides is 4. The summed E-state index contributed by atoms with van der Waals surface area (Å²) in [5.74, 6) is -1.31. The normalized spacial score (nSPS) is 19.0. The van der Waals surface area contributed by atoms with Gasteiger partial charge in [-0.05, 0) is 48.7 Å². The molecule has 0 unspecified atom stereocenters. The van der Waals surface area contributed by atoms with E-state index in [4.69, 9.17) is 0 Å². The summed E-state index contributed by atoms with van der Waals surface area (Å²) in [7, 11) is 0. The van der Waals surface area contributed by atoms with Gasteiger partial charge in [-0.25, -0.2) is 9.69 Å². The Bertz CT molecular complexity index is 913. The van der Waals surface area contributed by atoms with Gasteiger partial charge >= 0.3 is 6.03 Å². The van der Waals surface area contributed by atoms with E-state index in [-0.39, 0.29) is 5.57 Å². The van der Waals surface area contributed by atoms with Crippen LogP contribution in [0.25, 0.3) is 6.08 Å². The minimum absolute atomic E-state index is 0.0626. The van der Waals surface area contributed by atoms with E-state index in [1.54, 1.807) is 30.3 Å². The second-order valence-electron chi connectivity index (χ2n) is 6.58. The van der Waals surface area contributed by atoms with E-state index in [2.05, 4.69) is 10.2 Å². The van der Waals surface area contributed by atoms with Crippen molar-refractivity contribution in [3.05, 3.63) is 65.7 Å². The molecule has 27 heavy (non-hydrogen) atoms. The van der Waals surface area contributed by atoms with Crippen LogP contribution in [0.5, 0.6) is 0 Å². The standard InChI is InChI=1S/C21H19N3O3/c25-19-18(14-15-8-10-16(11-9-15)23-12-4-5-13-23)20(26)24(21(27)22-19)17-6-2-1-3-7-17/h1-3,6-11,14H,4-5,12-13H2,(H,22,25,27)/b18-14+. The molecule has 2 aromatic carbocycles. The lowest BCUT2D eigenvalue weighted by Crippen LogP contribution is -2.54. The molecule has 0 saturated carbocycles. The van der Waals surface area contributed by atoms with Gasteiger partial charge in [0.25, 0.3) is 11.8 Å². The fraction of sp³-hybridized carbons (Fsp3) is 0.190. The maximum atomic E-state index is 12.8. The number of carbonyl (C=O) groups excluding carboxylic acids is 3. The number of carbonyl (C=O) groups is 3. The number of para-hydroxylation sites is 1. The molecule has 4 amide bonds. The quantitative estimate of drug-likeness (QED) is 0.674. The smallest absolute Gasteiger partial charge is 0.335 e. The Hall–Kier alpha value is -3.41. The van der Waals surface area contributed by atoms with Crippen molar-refractivity contribution < 1.29 is 14.4 Å². The summed E-state index contributed by atoms with van der Waals surface area (Å²) < 4.78 is 0. The van der Waals surface area contributed by atoms with Crippen LogP contribution in [0.3, 0.4) is 0 Å². The van der Waals surface area contributed by atoms with Crippen molar-refractivity contribution in [2.75, 3.05) is 22.9 Å². The largest absolute Gasteiger partial charge is 0.372 e. The van der Waals surface area contributed by atoms with Crippen molar-refractivity contribution in [1.29, 1.82) is 0 Å². The fourth-order valence-electron chi connectivity index (χ4n) is 3.39. The van der Waals surface area contributed by atoms with Crippen LogP contribution >= 0.6 is 0 Å². The molecular weight excluding hydrogens is 342 g/mol. The number of hydrogen-bond acceptors (Lipinski definition) is 4. The zero-order valence-electron chi connectivity index (χ0n) is 14.7. The van der Waals surface area contributed by atoms with Crippen LogP contribution in [-0.4, -0.2) is 30.9 Å². The molecule has 2 fully saturated rings. The Morgan fingerprint density at radius 2 is 1.48 bits per heavy atom. The molecule has 0 aliphatic carbocycles. The lowest BCUT2D eigenvalue weighted by molar-refractivity contribution is -0.122. The minimum atomic E-state index is -0.738. The highest BCUT2D eigenvalue weighted by Gasteiger charge is 2.36. The monoisotopic (exact) mass is 361 g/mol. The van der Waals surface area contributed by atoms with Crippen LogP contribution in [0.15, 0.2) is 60.2 Å². The average molecular weight is 361 g/mol. The van der Waals surface area contributed by atoms with Gasteiger partial charge in [0, 0.05) is 18.8 Å². The van der Waals surface area contributed by atoms with E-state index in [0.717, 1.165) is 29.2 Å². The maximum Gasteiger partial charge on any atom is 0.335 e. The summed E-state index contributed by atoms with van der Waals surface area (Å²) in [6, 6.07) is 15.5. The number of rotatable bonds is 3. The van der Waals surface area contributed by atoms with Gasteiger partial charge in [-0.2, -0.15) is 0 Å². The summed E-state index contributed by atoms with van der Waals surface area (Å²) in [5, 5.41) is 2.24. The number of barbiturate groups is 1. The molecule has 0 bridgehead atoms. The zero-order valence-corrected chi connectivity index (χ0v) is 14.7. The van der Waals surface area contributed by atoms with Crippen molar-refractivity contribution in [1.82, 2.24) is 5.32 Å². The first kappa shape index (κ1) is 17.0. The highest BCUT2D eigenvalue weighted by molar-refractivity contribution is 6.39. The topological polar surface area (TPSA) is 69.7 Å². The molecule has 0 radical (unpaired) electrons. The van der Waals surface area contributed by atoms with Crippen LogP contribution < -0.4 is 15.1 Å². The maximum absolute atomic E-state index is 12.8. The molecule has 136 valence electrons. The molecule has 2 aliphatic heterocycles. The predicted octanol–water partition coefficient (Wildman–Crippen LogP) is 2.95. The molecule has 2 heterocycles. The van der Waals surface area contributed by atoms with Gasteiger partial charge in [0.2, 0.25) is 0 Å². The summed E-state index contributed by atoms with van der Waals surface area (Å²) in [6.07, 6.45) is 3.92. The number of anilines is 2.